The van der Waals surface area contributed by atoms with Gasteiger partial charge in [-0.15, -0.1) is 0 Å². The zero-order chi connectivity index (χ0) is 11.5. The summed E-state index contributed by atoms with van der Waals surface area (Å²) in [5.41, 5.74) is 2.39. The van der Waals surface area contributed by atoms with Crippen LogP contribution < -0.4 is 11.3 Å². The maximum atomic E-state index is 10.9. The van der Waals surface area contributed by atoms with Gasteiger partial charge in [-0.1, -0.05) is 20.8 Å². The summed E-state index contributed by atoms with van der Waals surface area (Å²) in [5, 5.41) is 0. The van der Waals surface area contributed by atoms with Gasteiger partial charge in [-0.3, -0.25) is 10.2 Å². The fourth-order valence-electron chi connectivity index (χ4n) is 2.62. The topological polar surface area (TPSA) is 64.3 Å². The van der Waals surface area contributed by atoms with Crippen molar-refractivity contribution in [3.05, 3.63) is 0 Å². The van der Waals surface area contributed by atoms with Crippen molar-refractivity contribution in [3.8, 4) is 0 Å². The van der Waals surface area contributed by atoms with Gasteiger partial charge in [0, 0.05) is 0 Å². The summed E-state index contributed by atoms with van der Waals surface area (Å²) >= 11 is 0. The van der Waals surface area contributed by atoms with Crippen LogP contribution >= 0.6 is 0 Å². The van der Waals surface area contributed by atoms with Gasteiger partial charge in [0.05, 0.1) is 6.10 Å². The number of hydrazine groups is 1. The molecule has 1 fully saturated rings. The van der Waals surface area contributed by atoms with Gasteiger partial charge in [0.2, 0.25) is 0 Å². The molecular weight excluding hydrogens is 192 g/mol. The maximum Gasteiger partial charge on any atom is 0.259 e. The minimum atomic E-state index is -0.258. The number of carbonyl (C=O) groups is 1. The van der Waals surface area contributed by atoms with Crippen LogP contribution in [0.15, 0.2) is 0 Å². The monoisotopic (exact) mass is 214 g/mol. The average molecular weight is 214 g/mol. The molecule has 0 aromatic rings. The van der Waals surface area contributed by atoms with Gasteiger partial charge in [0.15, 0.2) is 0 Å². The summed E-state index contributed by atoms with van der Waals surface area (Å²) in [6.07, 6.45) is 3.49. The van der Waals surface area contributed by atoms with Gasteiger partial charge in [-0.25, -0.2) is 5.84 Å². The minimum absolute atomic E-state index is 0.0734. The molecule has 1 saturated carbocycles. The molecule has 0 aliphatic heterocycles. The lowest BCUT2D eigenvalue weighted by molar-refractivity contribution is -0.130. The molecule has 0 heterocycles. The molecule has 15 heavy (non-hydrogen) atoms. The minimum Gasteiger partial charge on any atom is -0.368 e. The van der Waals surface area contributed by atoms with E-state index in [9.17, 15) is 4.79 Å². The molecular formula is C11H22N2O2. The zero-order valence-electron chi connectivity index (χ0n) is 9.88. The van der Waals surface area contributed by atoms with E-state index in [1.54, 1.807) is 0 Å². The lowest BCUT2D eigenvalue weighted by atomic mass is 9.71. The molecule has 0 bridgehead atoms. The van der Waals surface area contributed by atoms with Crippen molar-refractivity contribution in [2.24, 2.45) is 17.2 Å². The predicted octanol–water partition coefficient (Wildman–Crippen LogP) is 1.21. The molecule has 0 aromatic heterocycles. The molecule has 0 radical (unpaired) electrons. The highest BCUT2D eigenvalue weighted by Crippen LogP contribution is 2.39. The zero-order valence-corrected chi connectivity index (χ0v) is 9.88. The Bertz CT molecular complexity index is 229. The van der Waals surface area contributed by atoms with E-state index in [0.29, 0.717) is 11.3 Å². The third-order valence-corrected chi connectivity index (χ3v) is 2.96. The standard InChI is InChI=1S/C11H22N2O2/c1-8-4-9(6-11(2,3)5-8)15-7-10(14)13-12/h8-9H,4-7,12H2,1-3H3,(H,13,14). The van der Waals surface area contributed by atoms with Crippen molar-refractivity contribution >= 4 is 5.91 Å². The smallest absolute Gasteiger partial charge is 0.259 e. The van der Waals surface area contributed by atoms with Gasteiger partial charge in [-0.2, -0.15) is 0 Å². The molecule has 1 rings (SSSR count). The Labute approximate surface area is 91.5 Å². The number of ether oxygens (including phenoxy) is 1. The summed E-state index contributed by atoms with van der Waals surface area (Å²) in [6.45, 7) is 6.81. The van der Waals surface area contributed by atoms with Gasteiger partial charge < -0.3 is 4.74 Å². The largest absolute Gasteiger partial charge is 0.368 e. The van der Waals surface area contributed by atoms with Crippen LogP contribution in [0, 0.1) is 11.3 Å². The number of nitrogens with one attached hydrogen (secondary N) is 1. The lowest BCUT2D eigenvalue weighted by Gasteiger charge is -2.38. The average Bonchev–Trinajstić information content (AvgIpc) is 2.11. The van der Waals surface area contributed by atoms with E-state index in [0.717, 1.165) is 12.8 Å². The van der Waals surface area contributed by atoms with Crippen LogP contribution in [-0.4, -0.2) is 18.6 Å². The summed E-state index contributed by atoms with van der Waals surface area (Å²) < 4.78 is 5.55. The second kappa shape index (κ2) is 4.94. The second-order valence-electron chi connectivity index (χ2n) is 5.41. The molecule has 88 valence electrons. The van der Waals surface area contributed by atoms with E-state index in [1.807, 2.05) is 0 Å². The Balaban J connectivity index is 2.38. The molecule has 2 atom stereocenters. The van der Waals surface area contributed by atoms with Crippen molar-refractivity contribution in [2.75, 3.05) is 6.61 Å². The fourth-order valence-corrected chi connectivity index (χ4v) is 2.62. The second-order valence-corrected chi connectivity index (χ2v) is 5.41. The molecule has 1 amide bonds. The highest BCUT2D eigenvalue weighted by molar-refractivity contribution is 5.76. The van der Waals surface area contributed by atoms with Crippen molar-refractivity contribution in [2.45, 2.75) is 46.1 Å². The predicted molar refractivity (Wildman–Crippen MR) is 58.9 cm³/mol. The molecule has 0 saturated heterocycles. The van der Waals surface area contributed by atoms with Gasteiger partial charge in [-0.05, 0) is 30.6 Å². The molecule has 2 unspecified atom stereocenters. The highest BCUT2D eigenvalue weighted by Gasteiger charge is 2.32. The van der Waals surface area contributed by atoms with E-state index in [1.165, 1.54) is 6.42 Å². The normalized spacial score (nSPS) is 29.9. The van der Waals surface area contributed by atoms with Crippen LogP contribution in [0.4, 0.5) is 0 Å². The molecule has 1 aliphatic carbocycles. The van der Waals surface area contributed by atoms with Crippen LogP contribution in [0.3, 0.4) is 0 Å². The van der Waals surface area contributed by atoms with Crippen LogP contribution in [0.1, 0.15) is 40.0 Å². The summed E-state index contributed by atoms with van der Waals surface area (Å²) in [7, 11) is 0. The molecule has 4 nitrogen and oxygen atoms in total. The van der Waals surface area contributed by atoms with E-state index in [4.69, 9.17) is 10.6 Å². The first kappa shape index (κ1) is 12.5. The van der Waals surface area contributed by atoms with Crippen molar-refractivity contribution < 1.29 is 9.53 Å². The Morgan fingerprint density at radius 1 is 1.53 bits per heavy atom. The number of hydrogen-bond acceptors (Lipinski definition) is 3. The SMILES string of the molecule is CC1CC(OCC(=O)NN)CC(C)(C)C1. The Morgan fingerprint density at radius 2 is 2.20 bits per heavy atom. The van der Waals surface area contributed by atoms with Gasteiger partial charge in [0.1, 0.15) is 6.61 Å². The molecule has 0 spiro atoms. The van der Waals surface area contributed by atoms with Crippen LogP contribution in [0.5, 0.6) is 0 Å². The number of rotatable bonds is 3. The first-order valence-electron chi connectivity index (χ1n) is 5.54. The summed E-state index contributed by atoms with van der Waals surface area (Å²) in [4.78, 5) is 10.9. The Kier molecular flexibility index (Phi) is 4.11. The Hall–Kier alpha value is -0.610. The van der Waals surface area contributed by atoms with Crippen LogP contribution in [-0.2, 0) is 9.53 Å². The highest BCUT2D eigenvalue weighted by atomic mass is 16.5. The molecule has 4 heteroatoms. The summed E-state index contributed by atoms with van der Waals surface area (Å²) in [6, 6.07) is 0. The fraction of sp³-hybridized carbons (Fsp3) is 0.909. The number of amides is 1. The quantitative estimate of drug-likeness (QED) is 0.421. The molecule has 1 aliphatic rings. The van der Waals surface area contributed by atoms with Gasteiger partial charge in [0.25, 0.3) is 5.91 Å². The third kappa shape index (κ3) is 4.18. The van der Waals surface area contributed by atoms with Crippen molar-refractivity contribution in [1.82, 2.24) is 5.43 Å². The first-order valence-corrected chi connectivity index (χ1v) is 5.54. The Morgan fingerprint density at radius 3 is 2.73 bits per heavy atom. The third-order valence-electron chi connectivity index (χ3n) is 2.96. The maximum absolute atomic E-state index is 10.9. The van der Waals surface area contributed by atoms with Gasteiger partial charge >= 0.3 is 0 Å². The number of carbonyl (C=O) groups excluding carboxylic acids is 1. The van der Waals surface area contributed by atoms with Crippen molar-refractivity contribution in [3.63, 3.8) is 0 Å². The molecule has 3 N–H and O–H groups in total. The lowest BCUT2D eigenvalue weighted by Crippen LogP contribution is -2.38. The van der Waals surface area contributed by atoms with Crippen LogP contribution in [0.2, 0.25) is 0 Å². The number of hydrogen-bond donors (Lipinski definition) is 2. The first-order chi connectivity index (χ1) is 6.93. The van der Waals surface area contributed by atoms with Crippen LogP contribution in [0.25, 0.3) is 0 Å². The molecule has 0 aromatic carbocycles. The van der Waals surface area contributed by atoms with E-state index in [2.05, 4.69) is 26.2 Å². The summed E-state index contributed by atoms with van der Waals surface area (Å²) in [5.74, 6) is 5.40. The van der Waals surface area contributed by atoms with Crippen molar-refractivity contribution in [1.29, 1.82) is 0 Å². The van der Waals surface area contributed by atoms with E-state index < -0.39 is 0 Å². The van der Waals surface area contributed by atoms with E-state index >= 15 is 0 Å². The van der Waals surface area contributed by atoms with E-state index in [-0.39, 0.29) is 18.6 Å². The number of nitrogens with two attached hydrogens (primary N) is 1.